The number of benzene rings is 3. The second-order valence-electron chi connectivity index (χ2n) is 6.87. The smallest absolute Gasteiger partial charge is 0.267 e. The standard InChI is InChI=1S/C23H15ClF2N4O2/c1-13-17(24)7-4-8-20(13)30-23(32)16-6-3-2-5-15(16)21(29-30)22(31)28-27-12-14-9-10-18(25)19(26)11-14/h2-12H,1H3,(H,28,31)/b27-12+. The van der Waals surface area contributed by atoms with Gasteiger partial charge in [0.1, 0.15) is 0 Å². The molecule has 0 atom stereocenters. The number of rotatable bonds is 4. The van der Waals surface area contributed by atoms with Crippen molar-refractivity contribution in [1.29, 1.82) is 0 Å². The molecule has 0 spiro atoms. The minimum Gasteiger partial charge on any atom is -0.267 e. The van der Waals surface area contributed by atoms with E-state index in [0.717, 1.165) is 16.8 Å². The summed E-state index contributed by atoms with van der Waals surface area (Å²) in [6.07, 6.45) is 1.17. The number of fused-ring (bicyclic) bond motifs is 1. The molecule has 0 aliphatic carbocycles. The predicted molar refractivity (Wildman–Crippen MR) is 119 cm³/mol. The van der Waals surface area contributed by atoms with Crippen molar-refractivity contribution in [3.63, 3.8) is 0 Å². The molecule has 0 saturated carbocycles. The number of aromatic nitrogens is 2. The minimum absolute atomic E-state index is 0.0398. The Hall–Kier alpha value is -3.91. The molecule has 0 unspecified atom stereocenters. The SMILES string of the molecule is Cc1c(Cl)cccc1-n1nc(C(=O)N/N=C/c2ccc(F)c(F)c2)c2ccccc2c1=O. The summed E-state index contributed by atoms with van der Waals surface area (Å²) in [5.74, 6) is -2.70. The van der Waals surface area contributed by atoms with Crippen LogP contribution in [0.5, 0.6) is 0 Å². The molecule has 1 heterocycles. The van der Waals surface area contributed by atoms with Crippen molar-refractivity contribution in [1.82, 2.24) is 15.2 Å². The normalized spacial score (nSPS) is 11.2. The van der Waals surface area contributed by atoms with E-state index in [1.54, 1.807) is 49.4 Å². The summed E-state index contributed by atoms with van der Waals surface area (Å²) in [6, 6.07) is 14.8. The quantitative estimate of drug-likeness (QED) is 0.368. The third-order valence-electron chi connectivity index (χ3n) is 4.81. The lowest BCUT2D eigenvalue weighted by molar-refractivity contribution is 0.0950. The summed E-state index contributed by atoms with van der Waals surface area (Å²) in [4.78, 5) is 25.9. The summed E-state index contributed by atoms with van der Waals surface area (Å²) >= 11 is 6.19. The van der Waals surface area contributed by atoms with Crippen LogP contribution in [0.15, 0.2) is 70.6 Å². The average Bonchev–Trinajstić information content (AvgIpc) is 2.79. The fourth-order valence-electron chi connectivity index (χ4n) is 3.16. The highest BCUT2D eigenvalue weighted by atomic mass is 35.5. The highest BCUT2D eigenvalue weighted by Crippen LogP contribution is 2.22. The second kappa shape index (κ2) is 8.68. The molecule has 4 rings (SSSR count). The van der Waals surface area contributed by atoms with Crippen LogP contribution in [0, 0.1) is 18.6 Å². The van der Waals surface area contributed by atoms with Gasteiger partial charge in [0.2, 0.25) is 0 Å². The van der Waals surface area contributed by atoms with E-state index in [2.05, 4.69) is 15.6 Å². The lowest BCUT2D eigenvalue weighted by Crippen LogP contribution is -2.28. The van der Waals surface area contributed by atoms with Gasteiger partial charge in [-0.05, 0) is 48.4 Å². The molecule has 0 bridgehead atoms. The first-order chi connectivity index (χ1) is 15.4. The topological polar surface area (TPSA) is 76.3 Å². The number of hydrogen-bond acceptors (Lipinski definition) is 4. The van der Waals surface area contributed by atoms with Gasteiger partial charge in [0.05, 0.1) is 17.3 Å². The number of amides is 1. The van der Waals surface area contributed by atoms with Gasteiger partial charge < -0.3 is 0 Å². The minimum atomic E-state index is -1.03. The van der Waals surface area contributed by atoms with Crippen molar-refractivity contribution >= 4 is 34.5 Å². The largest absolute Gasteiger partial charge is 0.292 e. The summed E-state index contributed by atoms with van der Waals surface area (Å²) in [7, 11) is 0. The predicted octanol–water partition coefficient (Wildman–Crippen LogP) is 4.39. The third-order valence-corrected chi connectivity index (χ3v) is 5.22. The second-order valence-corrected chi connectivity index (χ2v) is 7.27. The highest BCUT2D eigenvalue weighted by molar-refractivity contribution is 6.31. The Labute approximate surface area is 185 Å². The van der Waals surface area contributed by atoms with Crippen molar-refractivity contribution in [2.75, 3.05) is 0 Å². The van der Waals surface area contributed by atoms with Gasteiger partial charge in [-0.3, -0.25) is 9.59 Å². The summed E-state index contributed by atoms with van der Waals surface area (Å²) in [6.45, 7) is 1.74. The van der Waals surface area contributed by atoms with E-state index in [1.165, 1.54) is 12.3 Å². The summed E-state index contributed by atoms with van der Waals surface area (Å²) in [5, 5.41) is 9.14. The molecular weight excluding hydrogens is 438 g/mol. The molecule has 1 N–H and O–H groups in total. The van der Waals surface area contributed by atoms with E-state index in [9.17, 15) is 18.4 Å². The molecule has 4 aromatic rings. The average molecular weight is 453 g/mol. The molecule has 1 amide bonds. The van der Waals surface area contributed by atoms with Crippen molar-refractivity contribution in [3.8, 4) is 5.69 Å². The maximum absolute atomic E-state index is 13.3. The van der Waals surface area contributed by atoms with Crippen LogP contribution in [0.3, 0.4) is 0 Å². The van der Waals surface area contributed by atoms with E-state index in [0.29, 0.717) is 21.7 Å². The molecule has 160 valence electrons. The molecule has 0 aliphatic heterocycles. The zero-order valence-corrected chi connectivity index (χ0v) is 17.4. The Morgan fingerprint density at radius 2 is 1.81 bits per heavy atom. The third kappa shape index (κ3) is 4.00. The molecule has 1 aromatic heterocycles. The Morgan fingerprint density at radius 3 is 2.56 bits per heavy atom. The van der Waals surface area contributed by atoms with Crippen LogP contribution in [0.25, 0.3) is 16.5 Å². The van der Waals surface area contributed by atoms with Crippen LogP contribution < -0.4 is 11.0 Å². The van der Waals surface area contributed by atoms with Crippen LogP contribution in [0.4, 0.5) is 8.78 Å². The van der Waals surface area contributed by atoms with Crippen LogP contribution in [0.2, 0.25) is 5.02 Å². The number of halogens is 3. The summed E-state index contributed by atoms with van der Waals surface area (Å²) in [5.41, 5.74) is 3.17. The number of carbonyl (C=O) groups is 1. The van der Waals surface area contributed by atoms with Crippen molar-refractivity contribution < 1.29 is 13.6 Å². The van der Waals surface area contributed by atoms with Crippen LogP contribution in [-0.4, -0.2) is 21.9 Å². The molecule has 0 aliphatic rings. The Kier molecular flexibility index (Phi) is 5.79. The Bertz CT molecular complexity index is 1450. The van der Waals surface area contributed by atoms with Gasteiger partial charge in [-0.2, -0.15) is 14.9 Å². The van der Waals surface area contributed by atoms with Gasteiger partial charge in [-0.15, -0.1) is 0 Å². The van der Waals surface area contributed by atoms with Gasteiger partial charge in [0, 0.05) is 10.4 Å². The first-order valence-electron chi connectivity index (χ1n) is 9.43. The van der Waals surface area contributed by atoms with Crippen LogP contribution in [0.1, 0.15) is 21.6 Å². The number of nitrogens with one attached hydrogen (secondary N) is 1. The molecule has 0 saturated heterocycles. The Balaban J connectivity index is 1.76. The molecule has 3 aromatic carbocycles. The van der Waals surface area contributed by atoms with Crippen LogP contribution >= 0.6 is 11.6 Å². The van der Waals surface area contributed by atoms with Gasteiger partial charge in [0.15, 0.2) is 17.3 Å². The van der Waals surface area contributed by atoms with Crippen molar-refractivity contribution in [3.05, 3.63) is 104 Å². The maximum atomic E-state index is 13.3. The lowest BCUT2D eigenvalue weighted by Gasteiger charge is -2.12. The first-order valence-corrected chi connectivity index (χ1v) is 9.80. The van der Waals surface area contributed by atoms with E-state index in [-0.39, 0.29) is 16.6 Å². The van der Waals surface area contributed by atoms with Gasteiger partial charge in [0.25, 0.3) is 11.5 Å². The lowest BCUT2D eigenvalue weighted by atomic mass is 10.1. The maximum Gasteiger partial charge on any atom is 0.292 e. The van der Waals surface area contributed by atoms with Crippen molar-refractivity contribution in [2.24, 2.45) is 5.10 Å². The van der Waals surface area contributed by atoms with Crippen molar-refractivity contribution in [2.45, 2.75) is 6.92 Å². The zero-order valence-electron chi connectivity index (χ0n) is 16.6. The highest BCUT2D eigenvalue weighted by Gasteiger charge is 2.18. The first kappa shape index (κ1) is 21.3. The number of hydrazone groups is 1. The fraction of sp³-hybridized carbons (Fsp3) is 0.0435. The Morgan fingerprint density at radius 1 is 1.06 bits per heavy atom. The van der Waals surface area contributed by atoms with E-state index in [1.807, 2.05) is 0 Å². The van der Waals surface area contributed by atoms with Gasteiger partial charge in [-0.1, -0.05) is 41.9 Å². The number of carbonyl (C=O) groups excluding carboxylic acids is 1. The van der Waals surface area contributed by atoms with Crippen LogP contribution in [-0.2, 0) is 0 Å². The molecule has 0 fully saturated rings. The molecule has 9 heteroatoms. The number of nitrogens with zero attached hydrogens (tertiary/aromatic N) is 3. The molecule has 0 radical (unpaired) electrons. The summed E-state index contributed by atoms with van der Waals surface area (Å²) < 4.78 is 27.5. The molecule has 32 heavy (non-hydrogen) atoms. The van der Waals surface area contributed by atoms with E-state index in [4.69, 9.17) is 11.6 Å². The van der Waals surface area contributed by atoms with E-state index >= 15 is 0 Å². The van der Waals surface area contributed by atoms with E-state index < -0.39 is 23.1 Å². The monoisotopic (exact) mass is 452 g/mol. The fourth-order valence-corrected chi connectivity index (χ4v) is 3.33. The molecule has 6 nitrogen and oxygen atoms in total. The van der Waals surface area contributed by atoms with Gasteiger partial charge in [-0.25, -0.2) is 14.2 Å². The zero-order chi connectivity index (χ0) is 22.8. The van der Waals surface area contributed by atoms with Gasteiger partial charge >= 0.3 is 0 Å². The molecular formula is C23H15ClF2N4O2. The number of hydrogen-bond donors (Lipinski definition) is 1.